The van der Waals surface area contributed by atoms with Crippen molar-refractivity contribution in [3.8, 4) is 0 Å². The maximum atomic E-state index is 12.7. The van der Waals surface area contributed by atoms with Crippen LogP contribution in [0.15, 0.2) is 53.6 Å². The molecule has 0 bridgehead atoms. The van der Waals surface area contributed by atoms with Crippen LogP contribution >= 0.6 is 0 Å². The molecule has 0 fully saturated rings. The summed E-state index contributed by atoms with van der Waals surface area (Å²) < 4.78 is 28.0. The van der Waals surface area contributed by atoms with Crippen molar-refractivity contribution in [1.82, 2.24) is 15.0 Å². The first kappa shape index (κ1) is 17.0. The van der Waals surface area contributed by atoms with Gasteiger partial charge in [-0.25, -0.2) is 18.4 Å². The fourth-order valence-electron chi connectivity index (χ4n) is 2.95. The van der Waals surface area contributed by atoms with E-state index in [1.165, 1.54) is 18.3 Å². The third kappa shape index (κ3) is 2.97. The van der Waals surface area contributed by atoms with Crippen molar-refractivity contribution in [3.05, 3.63) is 60.0 Å². The van der Waals surface area contributed by atoms with Crippen LogP contribution in [0.1, 0.15) is 16.2 Å². The third-order valence-electron chi connectivity index (χ3n) is 4.16. The number of H-pyrrole nitrogens is 1. The largest absolute Gasteiger partial charge is 0.364 e. The summed E-state index contributed by atoms with van der Waals surface area (Å²) in [5.41, 5.74) is 7.32. The fraction of sp³-hybridized carbons (Fsp3) is 0.0556. The Morgan fingerprint density at radius 3 is 2.70 bits per heavy atom. The number of benzene rings is 1. The average Bonchev–Trinajstić information content (AvgIpc) is 2.99. The van der Waals surface area contributed by atoms with Crippen LogP contribution in [-0.2, 0) is 10.0 Å². The number of nitrogens with zero attached hydrogens (tertiary/aromatic N) is 2. The first-order chi connectivity index (χ1) is 12.8. The summed E-state index contributed by atoms with van der Waals surface area (Å²) in [4.78, 5) is 22.9. The number of nitrogens with one attached hydrogen (secondary N) is 2. The summed E-state index contributed by atoms with van der Waals surface area (Å²) in [6.45, 7) is 1.78. The maximum absolute atomic E-state index is 12.7. The molecule has 3 heterocycles. The highest BCUT2D eigenvalue weighted by Crippen LogP contribution is 2.29. The van der Waals surface area contributed by atoms with Gasteiger partial charge in [0, 0.05) is 28.2 Å². The van der Waals surface area contributed by atoms with Crippen LogP contribution in [0, 0.1) is 6.92 Å². The fourth-order valence-corrected chi connectivity index (χ4v) is 3.98. The summed E-state index contributed by atoms with van der Waals surface area (Å²) in [5.74, 6) is -0.415. The zero-order valence-corrected chi connectivity index (χ0v) is 15.0. The molecular formula is C18H15N5O3S. The van der Waals surface area contributed by atoms with Crippen LogP contribution in [0.5, 0.6) is 0 Å². The summed E-state index contributed by atoms with van der Waals surface area (Å²) >= 11 is 0. The van der Waals surface area contributed by atoms with E-state index in [1.807, 2.05) is 0 Å². The van der Waals surface area contributed by atoms with Gasteiger partial charge in [-0.1, -0.05) is 6.07 Å². The van der Waals surface area contributed by atoms with E-state index < -0.39 is 15.9 Å². The molecule has 0 saturated carbocycles. The Morgan fingerprint density at radius 1 is 1.15 bits per heavy atom. The Hall–Kier alpha value is -3.46. The van der Waals surface area contributed by atoms with E-state index in [4.69, 9.17) is 5.73 Å². The van der Waals surface area contributed by atoms with Crippen molar-refractivity contribution in [2.45, 2.75) is 11.8 Å². The van der Waals surface area contributed by atoms with E-state index in [0.29, 0.717) is 27.5 Å². The molecule has 1 amide bonds. The number of amides is 1. The van der Waals surface area contributed by atoms with Gasteiger partial charge in [0.15, 0.2) is 5.69 Å². The number of rotatable bonds is 4. The van der Waals surface area contributed by atoms with Crippen LogP contribution in [-0.4, -0.2) is 29.3 Å². The predicted octanol–water partition coefficient (Wildman–Crippen LogP) is 2.32. The number of carbonyl (C=O) groups is 1. The maximum Gasteiger partial charge on any atom is 0.269 e. The molecule has 0 aliphatic heterocycles. The molecule has 136 valence electrons. The molecule has 0 aliphatic carbocycles. The molecule has 0 atom stereocenters. The Kier molecular flexibility index (Phi) is 3.81. The van der Waals surface area contributed by atoms with Gasteiger partial charge in [-0.2, -0.15) is 0 Å². The number of aryl methyl sites for hydroxylation is 1. The lowest BCUT2D eigenvalue weighted by Gasteiger charge is -2.08. The Bertz CT molecular complexity index is 1310. The van der Waals surface area contributed by atoms with Gasteiger partial charge in [0.1, 0.15) is 5.82 Å². The average molecular weight is 381 g/mol. The second-order valence-corrected chi connectivity index (χ2v) is 7.73. The van der Waals surface area contributed by atoms with E-state index in [1.54, 1.807) is 37.3 Å². The Morgan fingerprint density at radius 2 is 1.96 bits per heavy atom. The van der Waals surface area contributed by atoms with Gasteiger partial charge in [-0.3, -0.25) is 9.52 Å². The SMILES string of the molecule is Cc1cccc(NS(=O)(=O)c2ccc3[nH]c4c(C(N)=O)nccc4c3c2)n1. The molecule has 0 radical (unpaired) electrons. The van der Waals surface area contributed by atoms with E-state index in [9.17, 15) is 13.2 Å². The van der Waals surface area contributed by atoms with Crippen molar-refractivity contribution in [1.29, 1.82) is 0 Å². The number of aromatic amines is 1. The standard InChI is InChI=1S/C18H15N5O3S/c1-10-3-2-4-15(21-10)23-27(25,26)11-5-6-14-13(9-11)12-7-8-20-17(18(19)24)16(12)22-14/h2-9,22H,1H3,(H2,19,24)(H,21,23). The normalized spacial score (nSPS) is 11.7. The van der Waals surface area contributed by atoms with Gasteiger partial charge in [0.2, 0.25) is 0 Å². The van der Waals surface area contributed by atoms with Gasteiger partial charge in [0.25, 0.3) is 15.9 Å². The zero-order chi connectivity index (χ0) is 19.2. The second kappa shape index (κ2) is 6.06. The van der Waals surface area contributed by atoms with Crippen LogP contribution in [0.2, 0.25) is 0 Å². The number of hydrogen-bond acceptors (Lipinski definition) is 5. The third-order valence-corrected chi connectivity index (χ3v) is 5.52. The van der Waals surface area contributed by atoms with Gasteiger partial charge in [-0.15, -0.1) is 0 Å². The number of fused-ring (bicyclic) bond motifs is 3. The topological polar surface area (TPSA) is 131 Å². The van der Waals surface area contributed by atoms with Crippen molar-refractivity contribution >= 4 is 43.6 Å². The minimum absolute atomic E-state index is 0.0802. The summed E-state index contributed by atoms with van der Waals surface area (Å²) in [6, 6.07) is 11.4. The molecule has 9 heteroatoms. The Balaban J connectivity index is 1.84. The van der Waals surface area contributed by atoms with Crippen molar-refractivity contribution in [2.24, 2.45) is 5.73 Å². The van der Waals surface area contributed by atoms with E-state index >= 15 is 0 Å². The number of pyridine rings is 2. The Labute approximate surface area is 154 Å². The van der Waals surface area contributed by atoms with Gasteiger partial charge in [-0.05, 0) is 43.3 Å². The highest BCUT2D eigenvalue weighted by Gasteiger charge is 2.18. The van der Waals surface area contributed by atoms with Crippen LogP contribution in [0.25, 0.3) is 21.8 Å². The molecule has 1 aromatic carbocycles. The molecule has 0 spiro atoms. The van der Waals surface area contributed by atoms with Gasteiger partial charge < -0.3 is 10.7 Å². The molecule has 0 unspecified atom stereocenters. The number of hydrogen-bond donors (Lipinski definition) is 3. The van der Waals surface area contributed by atoms with Crippen LogP contribution in [0.3, 0.4) is 0 Å². The molecule has 4 rings (SSSR count). The molecule has 0 saturated heterocycles. The molecule has 4 aromatic rings. The number of aromatic nitrogens is 3. The van der Waals surface area contributed by atoms with Crippen LogP contribution in [0.4, 0.5) is 5.82 Å². The zero-order valence-electron chi connectivity index (χ0n) is 14.2. The van der Waals surface area contributed by atoms with Gasteiger partial charge in [0.05, 0.1) is 10.4 Å². The minimum atomic E-state index is -3.83. The van der Waals surface area contributed by atoms with E-state index in [0.717, 1.165) is 0 Å². The number of carbonyl (C=O) groups excluding carboxylic acids is 1. The van der Waals surface area contributed by atoms with E-state index in [2.05, 4.69) is 19.7 Å². The molecule has 3 aromatic heterocycles. The first-order valence-electron chi connectivity index (χ1n) is 8.02. The van der Waals surface area contributed by atoms with Crippen molar-refractivity contribution in [2.75, 3.05) is 4.72 Å². The molecular weight excluding hydrogens is 366 g/mol. The smallest absolute Gasteiger partial charge is 0.269 e. The quantitative estimate of drug-likeness (QED) is 0.499. The highest BCUT2D eigenvalue weighted by atomic mass is 32.2. The van der Waals surface area contributed by atoms with Crippen LogP contribution < -0.4 is 10.5 Å². The lowest BCUT2D eigenvalue weighted by Crippen LogP contribution is -2.14. The monoisotopic (exact) mass is 381 g/mol. The number of anilines is 1. The molecule has 0 aliphatic rings. The molecule has 8 nitrogen and oxygen atoms in total. The summed E-state index contributed by atoms with van der Waals surface area (Å²) in [5, 5.41) is 1.31. The molecule has 27 heavy (non-hydrogen) atoms. The lowest BCUT2D eigenvalue weighted by molar-refractivity contribution is 0.0997. The first-order valence-corrected chi connectivity index (χ1v) is 9.50. The highest BCUT2D eigenvalue weighted by molar-refractivity contribution is 7.92. The summed E-state index contributed by atoms with van der Waals surface area (Å²) in [7, 11) is -3.83. The van der Waals surface area contributed by atoms with Crippen molar-refractivity contribution in [3.63, 3.8) is 0 Å². The van der Waals surface area contributed by atoms with Gasteiger partial charge >= 0.3 is 0 Å². The van der Waals surface area contributed by atoms with E-state index in [-0.39, 0.29) is 16.4 Å². The number of nitrogens with two attached hydrogens (primary N) is 1. The summed E-state index contributed by atoms with van der Waals surface area (Å²) in [6.07, 6.45) is 1.46. The molecule has 4 N–H and O–H groups in total. The number of primary amides is 1. The predicted molar refractivity (Wildman–Crippen MR) is 102 cm³/mol. The van der Waals surface area contributed by atoms with Crippen molar-refractivity contribution < 1.29 is 13.2 Å². The number of sulfonamides is 1. The second-order valence-electron chi connectivity index (χ2n) is 6.05. The lowest BCUT2D eigenvalue weighted by atomic mass is 10.1. The minimum Gasteiger partial charge on any atom is -0.364 e.